The fourth-order valence-electron chi connectivity index (χ4n) is 1.53. The molecule has 1 aromatic rings. The van der Waals surface area contributed by atoms with Crippen molar-refractivity contribution in [2.45, 2.75) is 26.3 Å². The Bertz CT molecular complexity index is 627. The Labute approximate surface area is 150 Å². The van der Waals surface area contributed by atoms with E-state index >= 15 is 0 Å². The van der Waals surface area contributed by atoms with Gasteiger partial charge in [0.15, 0.2) is 6.61 Å². The van der Waals surface area contributed by atoms with Crippen molar-refractivity contribution < 1.29 is 19.1 Å². The van der Waals surface area contributed by atoms with Gasteiger partial charge in [0.2, 0.25) is 0 Å². The average molecular weight is 373 g/mol. The van der Waals surface area contributed by atoms with Crippen molar-refractivity contribution in [1.82, 2.24) is 10.6 Å². The normalized spacial score (nSPS) is 11.8. The van der Waals surface area contributed by atoms with E-state index in [1.807, 2.05) is 6.92 Å². The minimum Gasteiger partial charge on any atom is -0.452 e. The number of halogens is 2. The number of benzene rings is 1. The second-order valence-electron chi connectivity index (χ2n) is 4.91. The van der Waals surface area contributed by atoms with E-state index in [0.717, 1.165) is 12.5 Å². The molecule has 0 saturated heterocycles. The summed E-state index contributed by atoms with van der Waals surface area (Å²) in [4.78, 5) is 34.5. The van der Waals surface area contributed by atoms with Crippen LogP contribution in [0.2, 0.25) is 10.0 Å². The molecule has 130 valence electrons. The molecule has 2 N–H and O–H groups in total. The maximum absolute atomic E-state index is 11.6. The molecule has 0 heterocycles. The van der Waals surface area contributed by atoms with Gasteiger partial charge >= 0.3 is 12.0 Å². The van der Waals surface area contributed by atoms with Crippen LogP contribution in [0.3, 0.4) is 0 Å². The lowest BCUT2D eigenvalue weighted by Gasteiger charge is -2.11. The third-order valence-corrected chi connectivity index (χ3v) is 3.63. The van der Waals surface area contributed by atoms with E-state index < -0.39 is 24.5 Å². The van der Waals surface area contributed by atoms with Crippen molar-refractivity contribution >= 4 is 47.2 Å². The molecule has 0 fully saturated rings. The van der Waals surface area contributed by atoms with Crippen molar-refractivity contribution in [1.29, 1.82) is 0 Å². The smallest absolute Gasteiger partial charge is 0.331 e. The first-order valence-corrected chi connectivity index (χ1v) is 7.98. The van der Waals surface area contributed by atoms with Crippen LogP contribution in [0.1, 0.15) is 25.8 Å². The minimum absolute atomic E-state index is 0.0661. The molecule has 1 aromatic carbocycles. The zero-order valence-electron chi connectivity index (χ0n) is 13.3. The van der Waals surface area contributed by atoms with Gasteiger partial charge in [0.1, 0.15) is 0 Å². The first kappa shape index (κ1) is 20.0. The standard InChI is InChI=1S/C16H18Cl2N2O4/c1-3-10(2)19-16(23)20-14(21)9-24-15(22)8-7-11-12(17)5-4-6-13(11)18/h4-8,10H,3,9H2,1-2H3,(H2,19,20,21,23)/b8-7+/t10-/m1/s1. The summed E-state index contributed by atoms with van der Waals surface area (Å²) in [6, 6.07) is 4.23. The second kappa shape index (κ2) is 9.95. The van der Waals surface area contributed by atoms with Crippen molar-refractivity contribution in [3.8, 4) is 0 Å². The van der Waals surface area contributed by atoms with E-state index in [9.17, 15) is 14.4 Å². The molecule has 0 bridgehead atoms. The lowest BCUT2D eigenvalue weighted by Crippen LogP contribution is -2.44. The predicted molar refractivity (Wildman–Crippen MR) is 92.9 cm³/mol. The summed E-state index contributed by atoms with van der Waals surface area (Å²) in [7, 11) is 0. The van der Waals surface area contributed by atoms with Crippen LogP contribution in [0, 0.1) is 0 Å². The largest absolute Gasteiger partial charge is 0.452 e. The number of hydrogen-bond acceptors (Lipinski definition) is 4. The van der Waals surface area contributed by atoms with E-state index in [0.29, 0.717) is 15.6 Å². The molecule has 24 heavy (non-hydrogen) atoms. The Morgan fingerprint density at radius 2 is 1.88 bits per heavy atom. The zero-order valence-corrected chi connectivity index (χ0v) is 14.8. The quantitative estimate of drug-likeness (QED) is 0.593. The number of urea groups is 1. The summed E-state index contributed by atoms with van der Waals surface area (Å²) in [5.41, 5.74) is 0.468. The number of nitrogens with one attached hydrogen (secondary N) is 2. The topological polar surface area (TPSA) is 84.5 Å². The lowest BCUT2D eigenvalue weighted by atomic mass is 10.2. The molecule has 0 radical (unpaired) electrons. The van der Waals surface area contributed by atoms with Gasteiger partial charge in [0.05, 0.1) is 0 Å². The number of amides is 3. The zero-order chi connectivity index (χ0) is 18.1. The summed E-state index contributed by atoms with van der Waals surface area (Å²) in [6.45, 7) is 3.12. The summed E-state index contributed by atoms with van der Waals surface area (Å²) in [5, 5.41) is 5.37. The van der Waals surface area contributed by atoms with Gasteiger partial charge in [-0.1, -0.05) is 36.2 Å². The fraction of sp³-hybridized carbons (Fsp3) is 0.312. The monoisotopic (exact) mass is 372 g/mol. The van der Waals surface area contributed by atoms with Crippen molar-refractivity contribution in [3.05, 3.63) is 39.9 Å². The van der Waals surface area contributed by atoms with E-state index in [4.69, 9.17) is 27.9 Å². The molecule has 0 aliphatic rings. The summed E-state index contributed by atoms with van der Waals surface area (Å²) in [6.07, 6.45) is 3.21. The second-order valence-corrected chi connectivity index (χ2v) is 5.72. The Balaban J connectivity index is 2.44. The minimum atomic E-state index is -0.761. The molecule has 0 aliphatic heterocycles. The number of carbonyl (C=O) groups excluding carboxylic acids is 3. The summed E-state index contributed by atoms with van der Waals surface area (Å²) < 4.78 is 4.73. The first-order chi connectivity index (χ1) is 11.3. The molecule has 0 saturated carbocycles. The Morgan fingerprint density at radius 3 is 2.46 bits per heavy atom. The Morgan fingerprint density at radius 1 is 1.25 bits per heavy atom. The highest BCUT2D eigenvalue weighted by Crippen LogP contribution is 2.25. The van der Waals surface area contributed by atoms with Crippen LogP contribution in [0.5, 0.6) is 0 Å². The number of carbonyl (C=O) groups is 3. The third-order valence-electron chi connectivity index (χ3n) is 2.97. The van der Waals surface area contributed by atoms with Crippen LogP contribution >= 0.6 is 23.2 Å². The Hall–Kier alpha value is -2.05. The Kier molecular flexibility index (Phi) is 8.29. The van der Waals surface area contributed by atoms with Gasteiger partial charge in [-0.2, -0.15) is 0 Å². The maximum atomic E-state index is 11.6. The van der Waals surface area contributed by atoms with E-state index in [2.05, 4.69) is 10.6 Å². The number of rotatable bonds is 6. The number of hydrogen-bond donors (Lipinski definition) is 2. The van der Waals surface area contributed by atoms with Gasteiger partial charge in [-0.05, 0) is 31.6 Å². The van der Waals surface area contributed by atoms with Crippen LogP contribution in [-0.2, 0) is 14.3 Å². The van der Waals surface area contributed by atoms with Crippen LogP contribution in [0.25, 0.3) is 6.08 Å². The fourth-order valence-corrected chi connectivity index (χ4v) is 2.05. The molecular weight excluding hydrogens is 355 g/mol. The van der Waals surface area contributed by atoms with E-state index in [-0.39, 0.29) is 6.04 Å². The molecule has 1 atom stereocenters. The molecule has 3 amide bonds. The van der Waals surface area contributed by atoms with E-state index in [1.165, 1.54) is 6.08 Å². The van der Waals surface area contributed by atoms with Gasteiger partial charge in [-0.25, -0.2) is 9.59 Å². The molecule has 0 aromatic heterocycles. The van der Waals surface area contributed by atoms with Gasteiger partial charge in [0.25, 0.3) is 5.91 Å². The number of imide groups is 1. The molecule has 0 unspecified atom stereocenters. The van der Waals surface area contributed by atoms with E-state index in [1.54, 1.807) is 25.1 Å². The SMILES string of the molecule is CC[C@@H](C)NC(=O)NC(=O)COC(=O)/C=C/c1c(Cl)cccc1Cl. The van der Waals surface area contributed by atoms with Crippen LogP contribution in [0.15, 0.2) is 24.3 Å². The molecule has 8 heteroatoms. The molecule has 0 aliphatic carbocycles. The van der Waals surface area contributed by atoms with Gasteiger partial charge in [-0.3, -0.25) is 10.1 Å². The van der Waals surface area contributed by atoms with Crippen LogP contribution < -0.4 is 10.6 Å². The van der Waals surface area contributed by atoms with Crippen molar-refractivity contribution in [2.24, 2.45) is 0 Å². The van der Waals surface area contributed by atoms with Crippen molar-refractivity contribution in [3.63, 3.8) is 0 Å². The van der Waals surface area contributed by atoms with Gasteiger partial charge in [-0.15, -0.1) is 0 Å². The van der Waals surface area contributed by atoms with Crippen LogP contribution in [-0.4, -0.2) is 30.6 Å². The number of ether oxygens (including phenoxy) is 1. The summed E-state index contributed by atoms with van der Waals surface area (Å²) >= 11 is 11.9. The molecule has 0 spiro atoms. The molecular formula is C16H18Cl2N2O4. The van der Waals surface area contributed by atoms with Gasteiger partial charge < -0.3 is 10.1 Å². The number of esters is 1. The van der Waals surface area contributed by atoms with Crippen molar-refractivity contribution in [2.75, 3.05) is 6.61 Å². The maximum Gasteiger partial charge on any atom is 0.331 e. The van der Waals surface area contributed by atoms with Gasteiger partial charge in [0, 0.05) is 27.7 Å². The highest BCUT2D eigenvalue weighted by molar-refractivity contribution is 6.37. The lowest BCUT2D eigenvalue weighted by molar-refractivity contribution is -0.143. The average Bonchev–Trinajstić information content (AvgIpc) is 2.52. The third kappa shape index (κ3) is 7.02. The molecule has 6 nitrogen and oxygen atoms in total. The first-order valence-electron chi connectivity index (χ1n) is 7.22. The highest BCUT2D eigenvalue weighted by Gasteiger charge is 2.11. The van der Waals surface area contributed by atoms with Crippen LogP contribution in [0.4, 0.5) is 4.79 Å². The predicted octanol–water partition coefficient (Wildman–Crippen LogP) is 3.17. The highest BCUT2D eigenvalue weighted by atomic mass is 35.5. The molecule has 1 rings (SSSR count). The summed E-state index contributed by atoms with van der Waals surface area (Å²) in [5.74, 6) is -1.49.